The lowest BCUT2D eigenvalue weighted by Crippen LogP contribution is -2.54. The van der Waals surface area contributed by atoms with Gasteiger partial charge in [0, 0.05) is 24.0 Å². The molecule has 4 aromatic rings. The highest BCUT2D eigenvalue weighted by Gasteiger charge is 2.35. The van der Waals surface area contributed by atoms with Crippen molar-refractivity contribution in [2.75, 3.05) is 10.8 Å². The summed E-state index contributed by atoms with van der Waals surface area (Å²) in [5, 5.41) is 3.44. The molecule has 0 bridgehead atoms. The molecule has 4 aromatic carbocycles. The Hall–Kier alpha value is -4.14. The van der Waals surface area contributed by atoms with Crippen LogP contribution in [0.3, 0.4) is 0 Å². The van der Waals surface area contributed by atoms with Gasteiger partial charge in [-0.05, 0) is 80.6 Å². The molecule has 9 heteroatoms. The molecule has 2 unspecified atom stereocenters. The zero-order chi connectivity index (χ0) is 33.4. The van der Waals surface area contributed by atoms with Gasteiger partial charge in [-0.3, -0.25) is 13.9 Å². The zero-order valence-electron chi connectivity index (χ0n) is 27.0. The van der Waals surface area contributed by atoms with Crippen molar-refractivity contribution in [1.82, 2.24) is 10.2 Å². The maximum Gasteiger partial charge on any atom is 0.264 e. The highest BCUT2D eigenvalue weighted by Crippen LogP contribution is 2.29. The van der Waals surface area contributed by atoms with Crippen LogP contribution in [0.2, 0.25) is 5.02 Å². The van der Waals surface area contributed by atoms with Crippen molar-refractivity contribution in [2.45, 2.75) is 71.0 Å². The van der Waals surface area contributed by atoms with E-state index in [-0.39, 0.29) is 35.5 Å². The number of rotatable bonds is 13. The number of benzene rings is 4. The van der Waals surface area contributed by atoms with Gasteiger partial charge < -0.3 is 10.2 Å². The molecule has 0 aliphatic heterocycles. The standard InChI is InChI=1S/C37H42ClN3O4S/c1-6-29(5)39-37(43)35(22-30-13-8-7-9-14-30)40(24-31-15-11-10-12-27(31)3)36(42)25-41(32-19-18-28(4)34(38)23-32)46(44,45)33-20-16-26(2)17-21-33/h7-21,23,29,35H,6,22,24-25H2,1-5H3,(H,39,43). The van der Waals surface area contributed by atoms with E-state index in [2.05, 4.69) is 5.32 Å². The molecule has 0 aromatic heterocycles. The number of halogens is 1. The Morgan fingerprint density at radius 3 is 2.13 bits per heavy atom. The molecule has 242 valence electrons. The van der Waals surface area contributed by atoms with Gasteiger partial charge in [-0.2, -0.15) is 0 Å². The summed E-state index contributed by atoms with van der Waals surface area (Å²) in [5.74, 6) is -0.817. The molecule has 0 heterocycles. The van der Waals surface area contributed by atoms with Crippen molar-refractivity contribution >= 4 is 39.1 Å². The fourth-order valence-electron chi connectivity index (χ4n) is 5.07. The number of carbonyl (C=O) groups is 2. The Morgan fingerprint density at radius 1 is 0.848 bits per heavy atom. The first kappa shape index (κ1) is 34.7. The lowest BCUT2D eigenvalue weighted by molar-refractivity contribution is -0.140. The normalized spacial score (nSPS) is 12.7. The third-order valence-corrected chi connectivity index (χ3v) is 10.4. The summed E-state index contributed by atoms with van der Waals surface area (Å²) < 4.78 is 29.5. The van der Waals surface area contributed by atoms with Gasteiger partial charge in [0.2, 0.25) is 11.8 Å². The third-order valence-electron chi connectivity index (χ3n) is 8.21. The molecule has 4 rings (SSSR count). The van der Waals surface area contributed by atoms with E-state index in [4.69, 9.17) is 11.6 Å². The highest BCUT2D eigenvalue weighted by atomic mass is 35.5. The molecule has 0 radical (unpaired) electrons. The quantitative estimate of drug-likeness (QED) is 0.167. The van der Waals surface area contributed by atoms with Gasteiger partial charge in [0.1, 0.15) is 12.6 Å². The smallest absolute Gasteiger partial charge is 0.264 e. The zero-order valence-corrected chi connectivity index (χ0v) is 28.6. The largest absolute Gasteiger partial charge is 0.352 e. The molecule has 2 atom stereocenters. The minimum atomic E-state index is -4.21. The van der Waals surface area contributed by atoms with E-state index in [0.717, 1.165) is 32.1 Å². The number of anilines is 1. The summed E-state index contributed by atoms with van der Waals surface area (Å²) in [6.07, 6.45) is 0.966. The molecule has 0 aliphatic carbocycles. The first-order valence-corrected chi connectivity index (χ1v) is 17.3. The van der Waals surface area contributed by atoms with Crippen LogP contribution in [-0.2, 0) is 32.6 Å². The van der Waals surface area contributed by atoms with E-state index in [0.29, 0.717) is 11.4 Å². The Kier molecular flexibility index (Phi) is 11.7. The van der Waals surface area contributed by atoms with Crippen molar-refractivity contribution in [3.05, 3.63) is 130 Å². The molecule has 7 nitrogen and oxygen atoms in total. The first-order chi connectivity index (χ1) is 21.9. The molecule has 0 spiro atoms. The van der Waals surface area contributed by atoms with Crippen LogP contribution in [0.4, 0.5) is 5.69 Å². The van der Waals surface area contributed by atoms with Crippen molar-refractivity contribution in [2.24, 2.45) is 0 Å². The topological polar surface area (TPSA) is 86.8 Å². The molecular weight excluding hydrogens is 618 g/mol. The van der Waals surface area contributed by atoms with Gasteiger partial charge in [-0.25, -0.2) is 8.42 Å². The van der Waals surface area contributed by atoms with Gasteiger partial charge in [-0.15, -0.1) is 0 Å². The van der Waals surface area contributed by atoms with E-state index in [1.165, 1.54) is 17.0 Å². The average molecular weight is 660 g/mol. The Labute approximate surface area is 278 Å². The van der Waals surface area contributed by atoms with Gasteiger partial charge >= 0.3 is 0 Å². The van der Waals surface area contributed by atoms with E-state index in [1.54, 1.807) is 30.3 Å². The summed E-state index contributed by atoms with van der Waals surface area (Å²) in [5.41, 5.74) is 4.62. The van der Waals surface area contributed by atoms with Crippen molar-refractivity contribution in [1.29, 1.82) is 0 Å². The summed E-state index contributed by atoms with van der Waals surface area (Å²) in [6.45, 7) is 9.12. The van der Waals surface area contributed by atoms with Crippen LogP contribution in [0.25, 0.3) is 0 Å². The Bertz CT molecular complexity index is 1760. The number of amides is 2. The van der Waals surface area contributed by atoms with Crippen molar-refractivity contribution in [3.8, 4) is 0 Å². The third kappa shape index (κ3) is 8.56. The summed E-state index contributed by atoms with van der Waals surface area (Å²) in [4.78, 5) is 30.2. The van der Waals surface area contributed by atoms with E-state index >= 15 is 0 Å². The minimum Gasteiger partial charge on any atom is -0.352 e. The maximum atomic E-state index is 14.6. The van der Waals surface area contributed by atoms with E-state index in [1.807, 2.05) is 89.2 Å². The average Bonchev–Trinajstić information content (AvgIpc) is 3.04. The number of nitrogens with one attached hydrogen (secondary N) is 1. The minimum absolute atomic E-state index is 0.0448. The molecule has 0 saturated carbocycles. The molecule has 1 N–H and O–H groups in total. The first-order valence-electron chi connectivity index (χ1n) is 15.4. The molecule has 0 saturated heterocycles. The highest BCUT2D eigenvalue weighted by molar-refractivity contribution is 7.92. The molecule has 0 aliphatic rings. The van der Waals surface area contributed by atoms with Crippen LogP contribution < -0.4 is 9.62 Å². The lowest BCUT2D eigenvalue weighted by atomic mass is 10.0. The van der Waals surface area contributed by atoms with Gasteiger partial charge in [0.15, 0.2) is 0 Å². The van der Waals surface area contributed by atoms with E-state index < -0.39 is 28.5 Å². The van der Waals surface area contributed by atoms with Crippen LogP contribution in [0.5, 0.6) is 0 Å². The van der Waals surface area contributed by atoms with E-state index in [9.17, 15) is 18.0 Å². The second kappa shape index (κ2) is 15.4. The van der Waals surface area contributed by atoms with Crippen LogP contribution in [0, 0.1) is 20.8 Å². The number of carbonyl (C=O) groups excluding carboxylic acids is 2. The summed E-state index contributed by atoms with van der Waals surface area (Å²) in [7, 11) is -4.21. The Morgan fingerprint density at radius 2 is 1.50 bits per heavy atom. The number of sulfonamides is 1. The number of nitrogens with zero attached hydrogens (tertiary/aromatic N) is 2. The van der Waals surface area contributed by atoms with Crippen molar-refractivity contribution < 1.29 is 18.0 Å². The summed E-state index contributed by atoms with van der Waals surface area (Å²) >= 11 is 6.47. The predicted octanol–water partition coefficient (Wildman–Crippen LogP) is 7.02. The monoisotopic (exact) mass is 659 g/mol. The van der Waals surface area contributed by atoms with Crippen LogP contribution >= 0.6 is 11.6 Å². The van der Waals surface area contributed by atoms with Crippen LogP contribution in [-0.4, -0.2) is 43.8 Å². The number of hydrogen-bond donors (Lipinski definition) is 1. The van der Waals surface area contributed by atoms with Crippen LogP contribution in [0.1, 0.15) is 48.1 Å². The van der Waals surface area contributed by atoms with Gasteiger partial charge in [-0.1, -0.05) is 96.9 Å². The maximum absolute atomic E-state index is 14.6. The lowest BCUT2D eigenvalue weighted by Gasteiger charge is -2.34. The Balaban J connectivity index is 1.83. The van der Waals surface area contributed by atoms with Crippen molar-refractivity contribution in [3.63, 3.8) is 0 Å². The van der Waals surface area contributed by atoms with Crippen LogP contribution in [0.15, 0.2) is 102 Å². The second-order valence-corrected chi connectivity index (χ2v) is 14.0. The summed E-state index contributed by atoms with van der Waals surface area (Å²) in [6, 6.07) is 27.6. The fourth-order valence-corrected chi connectivity index (χ4v) is 6.65. The number of aryl methyl sites for hydroxylation is 3. The predicted molar refractivity (Wildman–Crippen MR) is 185 cm³/mol. The molecular formula is C37H42ClN3O4S. The second-order valence-electron chi connectivity index (χ2n) is 11.7. The molecule has 46 heavy (non-hydrogen) atoms. The molecule has 0 fully saturated rings. The van der Waals surface area contributed by atoms with Gasteiger partial charge in [0.25, 0.3) is 10.0 Å². The SMILES string of the molecule is CCC(C)NC(=O)C(Cc1ccccc1)N(Cc1ccccc1C)C(=O)CN(c1ccc(C)c(Cl)c1)S(=O)(=O)c1ccc(C)cc1. The molecule has 2 amide bonds. The fraction of sp³-hybridized carbons (Fsp3) is 0.297. The van der Waals surface area contributed by atoms with Gasteiger partial charge in [0.05, 0.1) is 10.6 Å². The number of hydrogen-bond acceptors (Lipinski definition) is 4.